The van der Waals surface area contributed by atoms with Crippen molar-refractivity contribution in [3.8, 4) is 0 Å². The number of aryl methyl sites for hydroxylation is 2. The largest absolute Gasteiger partial charge is 0.339 e. The van der Waals surface area contributed by atoms with Crippen LogP contribution in [0.5, 0.6) is 0 Å². The third kappa shape index (κ3) is 7.77. The van der Waals surface area contributed by atoms with E-state index >= 15 is 0 Å². The molecule has 2 aromatic rings. The van der Waals surface area contributed by atoms with Gasteiger partial charge in [0.2, 0.25) is 11.9 Å². The van der Waals surface area contributed by atoms with Crippen molar-refractivity contribution < 1.29 is 4.79 Å². The molecule has 3 heterocycles. The minimum Gasteiger partial charge on any atom is -0.339 e. The van der Waals surface area contributed by atoms with Gasteiger partial charge in [0.05, 0.1) is 0 Å². The summed E-state index contributed by atoms with van der Waals surface area (Å²) in [6.45, 7) is 6.11. The van der Waals surface area contributed by atoms with Gasteiger partial charge in [-0.1, -0.05) is 38.5 Å². The molecule has 1 N–H and O–H groups in total. The van der Waals surface area contributed by atoms with E-state index in [1.165, 1.54) is 32.1 Å². The summed E-state index contributed by atoms with van der Waals surface area (Å²) in [4.78, 5) is 25.2. The Hall–Kier alpha value is -2.70. The Kier molecular flexibility index (Phi) is 9.72. The molecule has 0 bridgehead atoms. The Labute approximate surface area is 192 Å². The topological polar surface area (TPSA) is 78.1 Å². The molecular formula is C25H38N6O. The Bertz CT molecular complexity index is 874. The maximum atomic E-state index is 12.5. The summed E-state index contributed by atoms with van der Waals surface area (Å²) in [5, 5.41) is 7.99. The smallest absolute Gasteiger partial charge is 0.225 e. The van der Waals surface area contributed by atoms with Crippen molar-refractivity contribution in [2.24, 2.45) is 0 Å². The number of aromatic nitrogens is 3. The zero-order chi connectivity index (χ0) is 22.6. The zero-order valence-corrected chi connectivity index (χ0v) is 19.5. The van der Waals surface area contributed by atoms with Gasteiger partial charge < -0.3 is 14.4 Å². The van der Waals surface area contributed by atoms with Crippen LogP contribution in [0.4, 0.5) is 5.95 Å². The SMILES string of the molecule is Cc1ccn(CCCCCCCCCCC(=O)N2CCN(c3ncccn3)CC2)c(=N)c1. The van der Waals surface area contributed by atoms with Crippen LogP contribution in [0.3, 0.4) is 0 Å². The van der Waals surface area contributed by atoms with E-state index in [-0.39, 0.29) is 0 Å². The molecule has 0 unspecified atom stereocenters. The summed E-state index contributed by atoms with van der Waals surface area (Å²) in [6.07, 6.45) is 15.7. The Morgan fingerprint density at radius 1 is 0.938 bits per heavy atom. The highest BCUT2D eigenvalue weighted by Gasteiger charge is 2.21. The van der Waals surface area contributed by atoms with Gasteiger partial charge in [-0.2, -0.15) is 0 Å². The molecule has 0 aromatic carbocycles. The number of amides is 1. The molecule has 1 saturated heterocycles. The van der Waals surface area contributed by atoms with E-state index in [1.807, 2.05) is 34.7 Å². The average Bonchev–Trinajstić information content (AvgIpc) is 2.82. The summed E-state index contributed by atoms with van der Waals surface area (Å²) in [5.41, 5.74) is 1.75. The first-order valence-electron chi connectivity index (χ1n) is 12.1. The van der Waals surface area contributed by atoms with Gasteiger partial charge in [-0.3, -0.25) is 10.2 Å². The highest BCUT2D eigenvalue weighted by Crippen LogP contribution is 2.13. The number of nitrogens with zero attached hydrogens (tertiary/aromatic N) is 5. The lowest BCUT2D eigenvalue weighted by atomic mass is 10.1. The number of rotatable bonds is 12. The molecule has 174 valence electrons. The lowest BCUT2D eigenvalue weighted by Gasteiger charge is -2.34. The predicted molar refractivity (Wildman–Crippen MR) is 127 cm³/mol. The molecule has 2 aromatic heterocycles. The van der Waals surface area contributed by atoms with E-state index in [2.05, 4.69) is 20.9 Å². The lowest BCUT2D eigenvalue weighted by molar-refractivity contribution is -0.131. The number of hydrogen-bond acceptors (Lipinski definition) is 5. The van der Waals surface area contributed by atoms with E-state index < -0.39 is 0 Å². The van der Waals surface area contributed by atoms with Gasteiger partial charge in [0.25, 0.3) is 0 Å². The highest BCUT2D eigenvalue weighted by molar-refractivity contribution is 5.76. The molecule has 0 saturated carbocycles. The molecule has 7 heteroatoms. The van der Waals surface area contributed by atoms with Gasteiger partial charge in [-0.05, 0) is 43.5 Å². The molecule has 1 amide bonds. The fraction of sp³-hybridized carbons (Fsp3) is 0.600. The third-order valence-electron chi connectivity index (χ3n) is 6.20. The number of piperazine rings is 1. The summed E-state index contributed by atoms with van der Waals surface area (Å²) in [5.74, 6) is 1.05. The van der Waals surface area contributed by atoms with Crippen LogP contribution in [-0.4, -0.2) is 51.5 Å². The second kappa shape index (κ2) is 13.0. The molecule has 7 nitrogen and oxygen atoms in total. The fourth-order valence-corrected chi connectivity index (χ4v) is 4.22. The molecule has 32 heavy (non-hydrogen) atoms. The molecule has 0 atom stereocenters. The number of hydrogen-bond donors (Lipinski definition) is 1. The van der Waals surface area contributed by atoms with Crippen LogP contribution in [0.25, 0.3) is 0 Å². The summed E-state index contributed by atoms with van der Waals surface area (Å²) >= 11 is 0. The minimum atomic E-state index is 0.293. The van der Waals surface area contributed by atoms with E-state index in [1.54, 1.807) is 12.4 Å². The predicted octanol–water partition coefficient (Wildman–Crippen LogP) is 3.93. The summed E-state index contributed by atoms with van der Waals surface area (Å²) in [6, 6.07) is 5.82. The van der Waals surface area contributed by atoms with Crippen LogP contribution in [0.1, 0.15) is 63.4 Å². The van der Waals surface area contributed by atoms with Crippen molar-refractivity contribution in [1.29, 1.82) is 5.41 Å². The molecule has 0 radical (unpaired) electrons. The Morgan fingerprint density at radius 2 is 1.56 bits per heavy atom. The first-order valence-corrected chi connectivity index (χ1v) is 12.1. The number of unbranched alkanes of at least 4 members (excludes halogenated alkanes) is 7. The van der Waals surface area contributed by atoms with Crippen molar-refractivity contribution in [3.05, 3.63) is 47.8 Å². The second-order valence-corrected chi connectivity index (χ2v) is 8.78. The average molecular weight is 439 g/mol. The van der Waals surface area contributed by atoms with Crippen molar-refractivity contribution >= 4 is 11.9 Å². The van der Waals surface area contributed by atoms with Crippen LogP contribution < -0.4 is 10.4 Å². The van der Waals surface area contributed by atoms with E-state index in [0.717, 1.165) is 63.5 Å². The Balaban J connectivity index is 1.16. The minimum absolute atomic E-state index is 0.293. The van der Waals surface area contributed by atoms with Crippen molar-refractivity contribution in [1.82, 2.24) is 19.4 Å². The third-order valence-corrected chi connectivity index (χ3v) is 6.20. The van der Waals surface area contributed by atoms with E-state index in [0.29, 0.717) is 17.8 Å². The zero-order valence-electron chi connectivity index (χ0n) is 19.5. The van der Waals surface area contributed by atoms with Crippen molar-refractivity contribution in [2.75, 3.05) is 31.1 Å². The summed E-state index contributed by atoms with van der Waals surface area (Å²) < 4.78 is 2.03. The van der Waals surface area contributed by atoms with Gasteiger partial charge in [0, 0.05) is 57.7 Å². The number of anilines is 1. The van der Waals surface area contributed by atoms with Crippen LogP contribution in [0.2, 0.25) is 0 Å². The molecule has 1 aliphatic rings. The molecule has 1 aliphatic heterocycles. The van der Waals surface area contributed by atoms with Gasteiger partial charge >= 0.3 is 0 Å². The van der Waals surface area contributed by atoms with Crippen LogP contribution >= 0.6 is 0 Å². The lowest BCUT2D eigenvalue weighted by Crippen LogP contribution is -2.49. The number of carbonyl (C=O) groups is 1. The maximum absolute atomic E-state index is 12.5. The van der Waals surface area contributed by atoms with Crippen molar-refractivity contribution in [3.63, 3.8) is 0 Å². The first kappa shape index (κ1) is 24.0. The molecule has 3 rings (SSSR count). The Morgan fingerprint density at radius 3 is 2.22 bits per heavy atom. The van der Waals surface area contributed by atoms with E-state index in [9.17, 15) is 4.79 Å². The van der Waals surface area contributed by atoms with Crippen molar-refractivity contribution in [2.45, 2.75) is 71.3 Å². The van der Waals surface area contributed by atoms with Crippen LogP contribution in [0, 0.1) is 12.3 Å². The number of carbonyl (C=O) groups excluding carboxylic acids is 1. The number of nitrogens with one attached hydrogen (secondary N) is 1. The van der Waals surface area contributed by atoms with Crippen LogP contribution in [-0.2, 0) is 11.3 Å². The van der Waals surface area contributed by atoms with Gasteiger partial charge in [0.1, 0.15) is 5.49 Å². The normalized spacial score (nSPS) is 14.0. The second-order valence-electron chi connectivity index (χ2n) is 8.78. The highest BCUT2D eigenvalue weighted by atomic mass is 16.2. The standard InChI is InChI=1S/C25H38N6O/c1-22-12-16-29(23(26)21-22)15-9-7-5-3-2-4-6-8-11-24(32)30-17-19-31(20-18-30)25-27-13-10-14-28-25/h10,12-14,16,21,26H,2-9,11,15,17-20H2,1H3. The molecular weight excluding hydrogens is 400 g/mol. The summed E-state index contributed by atoms with van der Waals surface area (Å²) in [7, 11) is 0. The van der Waals surface area contributed by atoms with Gasteiger partial charge in [-0.25, -0.2) is 9.97 Å². The van der Waals surface area contributed by atoms with Gasteiger partial charge in [-0.15, -0.1) is 0 Å². The molecule has 1 fully saturated rings. The van der Waals surface area contributed by atoms with Gasteiger partial charge in [0.15, 0.2) is 0 Å². The van der Waals surface area contributed by atoms with Crippen LogP contribution in [0.15, 0.2) is 36.8 Å². The number of pyridine rings is 1. The first-order chi connectivity index (χ1) is 15.6. The van der Waals surface area contributed by atoms with E-state index in [4.69, 9.17) is 5.41 Å². The molecule has 0 aliphatic carbocycles. The maximum Gasteiger partial charge on any atom is 0.225 e. The quantitative estimate of drug-likeness (QED) is 0.510. The molecule has 0 spiro atoms. The fourth-order valence-electron chi connectivity index (χ4n) is 4.22. The monoisotopic (exact) mass is 438 g/mol.